The Hall–Kier alpha value is -4.38. The summed E-state index contributed by atoms with van der Waals surface area (Å²) in [6, 6.07) is 19.2. The third kappa shape index (κ3) is 5.33. The number of amides is 1. The molecule has 0 spiro atoms. The van der Waals surface area contributed by atoms with Crippen molar-refractivity contribution in [3.8, 4) is 22.9 Å². The number of carboxylic acids is 1. The van der Waals surface area contributed by atoms with Gasteiger partial charge in [0.1, 0.15) is 11.5 Å². The van der Waals surface area contributed by atoms with E-state index >= 15 is 0 Å². The first-order chi connectivity index (χ1) is 16.5. The van der Waals surface area contributed by atoms with Crippen molar-refractivity contribution in [2.75, 3.05) is 19.0 Å². The molecule has 3 aromatic carbocycles. The first-order valence-electron chi connectivity index (χ1n) is 9.99. The number of benzene rings is 3. The van der Waals surface area contributed by atoms with Crippen LogP contribution in [0.1, 0.15) is 10.4 Å². The summed E-state index contributed by atoms with van der Waals surface area (Å²) in [7, 11) is 1.57. The number of para-hydroxylation sites is 1. The second-order valence-corrected chi connectivity index (χ2v) is 7.91. The highest BCUT2D eigenvalue weighted by Gasteiger charge is 2.18. The van der Waals surface area contributed by atoms with E-state index in [-0.39, 0.29) is 5.91 Å². The molecule has 0 aliphatic carbocycles. The molecule has 3 N–H and O–H groups in total. The Labute approximate surface area is 198 Å². The number of anilines is 1. The number of aliphatic carboxylic acids is 1. The molecule has 34 heavy (non-hydrogen) atoms. The molecule has 0 aliphatic heterocycles. The minimum Gasteiger partial charge on any atom is -0.496 e. The molecule has 0 saturated carbocycles. The lowest BCUT2D eigenvalue weighted by atomic mass is 10.2. The quantitative estimate of drug-likeness (QED) is 0.329. The molecule has 0 bridgehead atoms. The number of ether oxygens (including phenoxy) is 2. The number of aromatic amines is 1. The average molecular weight is 478 g/mol. The number of carbonyl (C=O) groups excluding carboxylic acids is 1. The molecule has 0 saturated heterocycles. The highest BCUT2D eigenvalue weighted by atomic mass is 32.2. The van der Waals surface area contributed by atoms with E-state index in [9.17, 15) is 9.59 Å². The van der Waals surface area contributed by atoms with Gasteiger partial charge >= 0.3 is 5.97 Å². The lowest BCUT2D eigenvalue weighted by Crippen LogP contribution is -2.13. The Morgan fingerprint density at radius 3 is 2.50 bits per heavy atom. The fraction of sp³-hybridized carbons (Fsp3) is 0.0870. The van der Waals surface area contributed by atoms with Gasteiger partial charge in [0.15, 0.2) is 6.61 Å². The predicted molar refractivity (Wildman–Crippen MR) is 124 cm³/mol. The average Bonchev–Trinajstić information content (AvgIpc) is 3.38. The number of carboxylic acid groups (broad SMARTS) is 1. The fourth-order valence-electron chi connectivity index (χ4n) is 3.07. The van der Waals surface area contributed by atoms with Crippen LogP contribution in [0.4, 0.5) is 5.69 Å². The highest BCUT2D eigenvalue weighted by molar-refractivity contribution is 7.99. The number of methoxy groups -OCH3 is 1. The predicted octanol–water partition coefficient (Wildman–Crippen LogP) is 3.74. The molecule has 10 nitrogen and oxygen atoms in total. The summed E-state index contributed by atoms with van der Waals surface area (Å²) in [6.07, 6.45) is 0. The van der Waals surface area contributed by atoms with Crippen LogP contribution in [0.25, 0.3) is 11.4 Å². The molecule has 1 heterocycles. The van der Waals surface area contributed by atoms with Gasteiger partial charge in [0.25, 0.3) is 5.91 Å². The van der Waals surface area contributed by atoms with Crippen LogP contribution in [0, 0.1) is 0 Å². The molecule has 0 unspecified atom stereocenters. The molecule has 4 aromatic rings. The van der Waals surface area contributed by atoms with Gasteiger partial charge in [-0.15, -0.1) is 10.2 Å². The SMILES string of the molecule is COc1cccc(Sc2ccccc2NC(=O)c2ccc(OCC(=O)O)cc2)c1-c1nn[nH]n1. The Bertz CT molecular complexity index is 1300. The van der Waals surface area contributed by atoms with Crippen LogP contribution in [0.5, 0.6) is 11.5 Å². The molecule has 0 atom stereocenters. The van der Waals surface area contributed by atoms with Gasteiger partial charge in [-0.1, -0.05) is 30.0 Å². The number of rotatable bonds is 9. The van der Waals surface area contributed by atoms with E-state index in [2.05, 4.69) is 25.9 Å². The number of aromatic nitrogens is 4. The van der Waals surface area contributed by atoms with Crippen molar-refractivity contribution in [1.82, 2.24) is 20.6 Å². The van der Waals surface area contributed by atoms with E-state index < -0.39 is 12.6 Å². The van der Waals surface area contributed by atoms with Crippen LogP contribution in [-0.4, -0.2) is 51.3 Å². The normalized spacial score (nSPS) is 10.5. The number of hydrogen-bond acceptors (Lipinski definition) is 8. The third-order valence-electron chi connectivity index (χ3n) is 4.61. The number of hydrogen-bond donors (Lipinski definition) is 3. The standard InChI is InChI=1S/C23H19N5O5S/c1-32-17-6-4-8-19(21(17)22-25-27-28-26-22)34-18-7-3-2-5-16(18)24-23(31)14-9-11-15(12-10-14)33-13-20(29)30/h2-12H,13H2,1H3,(H,24,31)(H,29,30)(H,25,26,27,28). The van der Waals surface area contributed by atoms with Crippen LogP contribution in [-0.2, 0) is 4.79 Å². The van der Waals surface area contributed by atoms with E-state index in [1.165, 1.54) is 11.8 Å². The Kier molecular flexibility index (Phi) is 7.04. The van der Waals surface area contributed by atoms with Crippen molar-refractivity contribution in [3.63, 3.8) is 0 Å². The van der Waals surface area contributed by atoms with Crippen LogP contribution >= 0.6 is 11.8 Å². The number of nitrogens with one attached hydrogen (secondary N) is 2. The van der Waals surface area contributed by atoms with Crippen molar-refractivity contribution in [3.05, 3.63) is 72.3 Å². The molecule has 0 aliphatic rings. The smallest absolute Gasteiger partial charge is 0.341 e. The first-order valence-corrected chi connectivity index (χ1v) is 10.8. The zero-order chi connectivity index (χ0) is 23.9. The van der Waals surface area contributed by atoms with Crippen LogP contribution < -0.4 is 14.8 Å². The summed E-state index contributed by atoms with van der Waals surface area (Å²) in [6.45, 7) is -0.452. The van der Waals surface area contributed by atoms with E-state index in [1.54, 1.807) is 37.4 Å². The van der Waals surface area contributed by atoms with Gasteiger partial charge in [-0.05, 0) is 53.7 Å². The second-order valence-electron chi connectivity index (χ2n) is 6.83. The van der Waals surface area contributed by atoms with Gasteiger partial charge in [0, 0.05) is 15.4 Å². The molecule has 1 amide bonds. The summed E-state index contributed by atoms with van der Waals surface area (Å²) in [5.74, 6) is -0.0388. The summed E-state index contributed by atoms with van der Waals surface area (Å²) in [5.41, 5.74) is 1.70. The van der Waals surface area contributed by atoms with Crippen LogP contribution in [0.3, 0.4) is 0 Å². The molecular weight excluding hydrogens is 458 g/mol. The monoisotopic (exact) mass is 477 g/mol. The van der Waals surface area contributed by atoms with Gasteiger partial charge in [0.2, 0.25) is 5.82 Å². The van der Waals surface area contributed by atoms with E-state index in [0.717, 1.165) is 9.79 Å². The lowest BCUT2D eigenvalue weighted by Gasteiger charge is -2.14. The minimum absolute atomic E-state index is 0.318. The van der Waals surface area contributed by atoms with Crippen molar-refractivity contribution < 1.29 is 24.2 Å². The molecule has 11 heteroatoms. The second kappa shape index (κ2) is 10.5. The van der Waals surface area contributed by atoms with Gasteiger partial charge in [-0.25, -0.2) is 4.79 Å². The van der Waals surface area contributed by atoms with Crippen molar-refractivity contribution in [2.45, 2.75) is 9.79 Å². The molecule has 0 radical (unpaired) electrons. The molecular formula is C23H19N5O5S. The van der Waals surface area contributed by atoms with Crippen molar-refractivity contribution >= 4 is 29.3 Å². The zero-order valence-corrected chi connectivity index (χ0v) is 18.7. The largest absolute Gasteiger partial charge is 0.496 e. The summed E-state index contributed by atoms with van der Waals surface area (Å²) in [4.78, 5) is 25.1. The number of carbonyl (C=O) groups is 2. The Morgan fingerprint density at radius 1 is 1.03 bits per heavy atom. The topological polar surface area (TPSA) is 139 Å². The maximum atomic E-state index is 12.8. The molecule has 1 aromatic heterocycles. The van der Waals surface area contributed by atoms with E-state index in [4.69, 9.17) is 14.6 Å². The van der Waals surface area contributed by atoms with Crippen LogP contribution in [0.15, 0.2) is 76.5 Å². The van der Waals surface area contributed by atoms with Crippen LogP contribution in [0.2, 0.25) is 0 Å². The molecule has 172 valence electrons. The van der Waals surface area contributed by atoms with Gasteiger partial charge in [-0.2, -0.15) is 5.21 Å². The summed E-state index contributed by atoms with van der Waals surface area (Å²) >= 11 is 1.43. The summed E-state index contributed by atoms with van der Waals surface area (Å²) in [5, 5.41) is 25.9. The van der Waals surface area contributed by atoms with Crippen molar-refractivity contribution in [1.29, 1.82) is 0 Å². The maximum Gasteiger partial charge on any atom is 0.341 e. The molecule has 0 fully saturated rings. The third-order valence-corrected chi connectivity index (χ3v) is 5.75. The number of H-pyrrole nitrogens is 1. The maximum absolute atomic E-state index is 12.8. The van der Waals surface area contributed by atoms with Gasteiger partial charge in [0.05, 0.1) is 18.4 Å². The van der Waals surface area contributed by atoms with E-state index in [0.29, 0.717) is 34.1 Å². The Balaban J connectivity index is 1.56. The van der Waals surface area contributed by atoms with Gasteiger partial charge < -0.3 is 19.9 Å². The number of tetrazole rings is 1. The highest BCUT2D eigenvalue weighted by Crippen LogP contribution is 2.42. The zero-order valence-electron chi connectivity index (χ0n) is 17.9. The van der Waals surface area contributed by atoms with Gasteiger partial charge in [-0.3, -0.25) is 4.79 Å². The Morgan fingerprint density at radius 2 is 1.79 bits per heavy atom. The van der Waals surface area contributed by atoms with E-state index in [1.807, 2.05) is 36.4 Å². The first kappa shape index (κ1) is 22.8. The molecule has 4 rings (SSSR count). The number of nitrogens with zero attached hydrogens (tertiary/aromatic N) is 3. The summed E-state index contributed by atoms with van der Waals surface area (Å²) < 4.78 is 10.6. The fourth-order valence-corrected chi connectivity index (χ4v) is 4.13. The minimum atomic E-state index is -1.07. The van der Waals surface area contributed by atoms with Crippen molar-refractivity contribution in [2.24, 2.45) is 0 Å². The lowest BCUT2D eigenvalue weighted by molar-refractivity contribution is -0.139.